The molecule has 0 aliphatic rings. The molecule has 2 aromatic carbocycles. The van der Waals surface area contributed by atoms with E-state index in [0.29, 0.717) is 11.1 Å². The van der Waals surface area contributed by atoms with Crippen LogP contribution in [0, 0.1) is 12.7 Å². The molecule has 0 saturated heterocycles. The van der Waals surface area contributed by atoms with Crippen molar-refractivity contribution in [1.82, 2.24) is 10.1 Å². The third-order valence-corrected chi connectivity index (χ3v) is 3.68. The van der Waals surface area contributed by atoms with Crippen molar-refractivity contribution in [3.63, 3.8) is 0 Å². The van der Waals surface area contributed by atoms with Crippen molar-refractivity contribution in [2.75, 3.05) is 0 Å². The van der Waals surface area contributed by atoms with E-state index >= 15 is 0 Å². The Hall–Kier alpha value is -3.23. The van der Waals surface area contributed by atoms with Crippen molar-refractivity contribution in [1.29, 1.82) is 0 Å². The number of alkyl halides is 3. The summed E-state index contributed by atoms with van der Waals surface area (Å²) in [5.74, 6) is -1.70. The maximum Gasteiger partial charge on any atom is 0.417 e. The van der Waals surface area contributed by atoms with Gasteiger partial charge < -0.3 is 9.26 Å². The maximum absolute atomic E-state index is 13.6. The molecule has 0 bridgehead atoms. The zero-order valence-electron chi connectivity index (χ0n) is 13.9. The van der Waals surface area contributed by atoms with E-state index in [1.165, 1.54) is 24.3 Å². The van der Waals surface area contributed by atoms with Gasteiger partial charge in [-0.15, -0.1) is 0 Å². The van der Waals surface area contributed by atoms with E-state index in [9.17, 15) is 22.4 Å². The smallest absolute Gasteiger partial charge is 0.417 e. The molecule has 140 valence electrons. The Morgan fingerprint density at radius 3 is 2.63 bits per heavy atom. The molecule has 1 heterocycles. The number of esters is 1. The number of aryl methyl sites for hydroxylation is 1. The maximum atomic E-state index is 13.6. The van der Waals surface area contributed by atoms with Crippen LogP contribution in [0.3, 0.4) is 0 Å². The first-order valence-corrected chi connectivity index (χ1v) is 7.68. The second-order valence-corrected chi connectivity index (χ2v) is 5.60. The SMILES string of the molecule is Cc1ccc(-c2noc(COC(=O)c3ccccc3C(F)(F)F)n2)cc1F. The lowest BCUT2D eigenvalue weighted by Crippen LogP contribution is -2.15. The second-order valence-electron chi connectivity index (χ2n) is 5.60. The molecule has 27 heavy (non-hydrogen) atoms. The zero-order chi connectivity index (χ0) is 19.6. The third kappa shape index (κ3) is 4.13. The number of benzene rings is 2. The Balaban J connectivity index is 1.72. The molecule has 0 fully saturated rings. The Kier molecular flexibility index (Phi) is 4.93. The summed E-state index contributed by atoms with van der Waals surface area (Å²) in [6.07, 6.45) is -4.69. The minimum atomic E-state index is -4.69. The van der Waals surface area contributed by atoms with E-state index < -0.39 is 35.7 Å². The average Bonchev–Trinajstić information content (AvgIpc) is 3.10. The highest BCUT2D eigenvalue weighted by Gasteiger charge is 2.35. The normalized spacial score (nSPS) is 11.4. The molecule has 0 spiro atoms. The van der Waals surface area contributed by atoms with E-state index in [-0.39, 0.29) is 11.7 Å². The first-order chi connectivity index (χ1) is 12.8. The summed E-state index contributed by atoms with van der Waals surface area (Å²) < 4.78 is 62.2. The van der Waals surface area contributed by atoms with Crippen molar-refractivity contribution in [3.8, 4) is 11.4 Å². The first-order valence-electron chi connectivity index (χ1n) is 7.68. The fourth-order valence-corrected chi connectivity index (χ4v) is 2.28. The highest BCUT2D eigenvalue weighted by atomic mass is 19.4. The highest BCUT2D eigenvalue weighted by Crippen LogP contribution is 2.32. The molecule has 0 radical (unpaired) electrons. The van der Waals surface area contributed by atoms with E-state index in [2.05, 4.69) is 10.1 Å². The number of carbonyl (C=O) groups is 1. The van der Waals surface area contributed by atoms with Crippen molar-refractivity contribution in [2.45, 2.75) is 19.7 Å². The van der Waals surface area contributed by atoms with Crippen molar-refractivity contribution >= 4 is 5.97 Å². The molecule has 0 N–H and O–H groups in total. The molecule has 0 aliphatic carbocycles. The van der Waals surface area contributed by atoms with Crippen LogP contribution in [0.25, 0.3) is 11.4 Å². The second kappa shape index (κ2) is 7.18. The lowest BCUT2D eigenvalue weighted by molar-refractivity contribution is -0.138. The van der Waals surface area contributed by atoms with Gasteiger partial charge in [0.15, 0.2) is 6.61 Å². The van der Waals surface area contributed by atoms with E-state index in [1.54, 1.807) is 13.0 Å². The van der Waals surface area contributed by atoms with Gasteiger partial charge in [-0.1, -0.05) is 29.4 Å². The number of hydrogen-bond donors (Lipinski definition) is 0. The summed E-state index contributed by atoms with van der Waals surface area (Å²) >= 11 is 0. The van der Waals surface area contributed by atoms with Gasteiger partial charge in [0.1, 0.15) is 5.82 Å². The molecule has 0 aliphatic heterocycles. The molecule has 1 aromatic heterocycles. The van der Waals surface area contributed by atoms with Gasteiger partial charge in [-0.05, 0) is 30.7 Å². The van der Waals surface area contributed by atoms with Crippen LogP contribution in [-0.4, -0.2) is 16.1 Å². The predicted molar refractivity (Wildman–Crippen MR) is 85.0 cm³/mol. The fourth-order valence-electron chi connectivity index (χ4n) is 2.28. The molecule has 0 amide bonds. The quantitative estimate of drug-likeness (QED) is 0.490. The van der Waals surface area contributed by atoms with Crippen LogP contribution >= 0.6 is 0 Å². The summed E-state index contributed by atoms with van der Waals surface area (Å²) in [6.45, 7) is 1.07. The molecule has 5 nitrogen and oxygen atoms in total. The molecular weight excluding hydrogens is 368 g/mol. The van der Waals surface area contributed by atoms with Gasteiger partial charge in [-0.3, -0.25) is 0 Å². The summed E-state index contributed by atoms with van der Waals surface area (Å²) in [5, 5.41) is 3.64. The Bertz CT molecular complexity index is 983. The van der Waals surface area contributed by atoms with E-state index in [4.69, 9.17) is 9.26 Å². The monoisotopic (exact) mass is 380 g/mol. The van der Waals surface area contributed by atoms with Gasteiger partial charge in [0.25, 0.3) is 5.89 Å². The molecule has 0 atom stereocenters. The lowest BCUT2D eigenvalue weighted by atomic mass is 10.1. The third-order valence-electron chi connectivity index (χ3n) is 3.68. The summed E-state index contributed by atoms with van der Waals surface area (Å²) in [7, 11) is 0. The summed E-state index contributed by atoms with van der Waals surface area (Å²) in [4.78, 5) is 15.9. The number of carbonyl (C=O) groups excluding carboxylic acids is 1. The van der Waals surface area contributed by atoms with Crippen molar-refractivity contribution in [2.24, 2.45) is 0 Å². The standard InChI is InChI=1S/C18H12F4N2O3/c1-10-6-7-11(8-14(10)19)16-23-15(27-24-16)9-26-17(25)12-4-2-3-5-13(12)18(20,21)22/h2-8H,9H2,1H3. The van der Waals surface area contributed by atoms with Crippen LogP contribution in [0.1, 0.15) is 27.4 Å². The van der Waals surface area contributed by atoms with Crippen LogP contribution in [0.2, 0.25) is 0 Å². The molecular formula is C18H12F4N2O3. The first kappa shape index (κ1) is 18.6. The largest absolute Gasteiger partial charge is 0.452 e. The van der Waals surface area contributed by atoms with Gasteiger partial charge >= 0.3 is 12.1 Å². The lowest BCUT2D eigenvalue weighted by Gasteiger charge is -2.11. The van der Waals surface area contributed by atoms with Crippen LogP contribution in [0.4, 0.5) is 17.6 Å². The Morgan fingerprint density at radius 2 is 1.93 bits per heavy atom. The average molecular weight is 380 g/mol. The molecule has 0 unspecified atom stereocenters. The Morgan fingerprint density at radius 1 is 1.19 bits per heavy atom. The number of nitrogens with zero attached hydrogens (tertiary/aromatic N) is 2. The minimum Gasteiger partial charge on any atom is -0.452 e. The summed E-state index contributed by atoms with van der Waals surface area (Å²) in [5.41, 5.74) is -0.928. The number of rotatable bonds is 4. The minimum absolute atomic E-state index is 0.0654. The number of ether oxygens (including phenoxy) is 1. The van der Waals surface area contributed by atoms with Crippen LogP contribution in [0.5, 0.6) is 0 Å². The topological polar surface area (TPSA) is 65.2 Å². The van der Waals surface area contributed by atoms with Gasteiger partial charge in [0, 0.05) is 5.56 Å². The number of hydrogen-bond acceptors (Lipinski definition) is 5. The van der Waals surface area contributed by atoms with Crippen LogP contribution in [0.15, 0.2) is 47.0 Å². The van der Waals surface area contributed by atoms with Crippen molar-refractivity contribution < 1.29 is 31.6 Å². The Labute approximate surface area is 150 Å². The predicted octanol–water partition coefficient (Wildman–Crippen LogP) is 4.56. The van der Waals surface area contributed by atoms with E-state index in [1.807, 2.05) is 0 Å². The fraction of sp³-hybridized carbons (Fsp3) is 0.167. The van der Waals surface area contributed by atoms with Gasteiger partial charge in [-0.2, -0.15) is 18.2 Å². The number of halogens is 4. The van der Waals surface area contributed by atoms with Gasteiger partial charge in [-0.25, -0.2) is 9.18 Å². The zero-order valence-corrected chi connectivity index (χ0v) is 13.9. The van der Waals surface area contributed by atoms with Crippen molar-refractivity contribution in [3.05, 3.63) is 70.9 Å². The molecule has 0 saturated carbocycles. The molecule has 9 heteroatoms. The highest BCUT2D eigenvalue weighted by molar-refractivity contribution is 5.91. The van der Waals surface area contributed by atoms with Gasteiger partial charge in [0.05, 0.1) is 11.1 Å². The molecule has 3 rings (SSSR count). The van der Waals surface area contributed by atoms with E-state index in [0.717, 1.165) is 12.1 Å². The van der Waals surface area contributed by atoms with Crippen LogP contribution in [-0.2, 0) is 17.5 Å². The van der Waals surface area contributed by atoms with Gasteiger partial charge in [0.2, 0.25) is 5.82 Å². The molecule has 3 aromatic rings. The summed E-state index contributed by atoms with van der Waals surface area (Å²) in [6, 6.07) is 8.60. The van der Waals surface area contributed by atoms with Crippen LogP contribution < -0.4 is 0 Å². The number of aromatic nitrogens is 2.